The van der Waals surface area contributed by atoms with Gasteiger partial charge in [-0.15, -0.1) is 24.8 Å². The molecule has 2 aliphatic heterocycles. The molecule has 0 spiro atoms. The Morgan fingerprint density at radius 1 is 1.27 bits per heavy atom. The molecule has 0 saturated carbocycles. The van der Waals surface area contributed by atoms with E-state index in [4.69, 9.17) is 0 Å². The van der Waals surface area contributed by atoms with Gasteiger partial charge in [-0.25, -0.2) is 9.67 Å². The Hall–Kier alpha value is -1.37. The predicted octanol–water partition coefficient (Wildman–Crippen LogP) is 3.18. The molecule has 2 fully saturated rings. The first-order valence-corrected chi connectivity index (χ1v) is 8.93. The number of hydrogen-bond donors (Lipinski definition) is 2. The van der Waals surface area contributed by atoms with Crippen molar-refractivity contribution < 1.29 is 4.79 Å². The van der Waals surface area contributed by atoms with Crippen LogP contribution in [0.1, 0.15) is 61.6 Å². The van der Waals surface area contributed by atoms with Crippen LogP contribution >= 0.6 is 24.8 Å². The van der Waals surface area contributed by atoms with Crippen LogP contribution in [0.4, 0.5) is 0 Å². The zero-order valence-electron chi connectivity index (χ0n) is 15.4. The van der Waals surface area contributed by atoms with E-state index in [-0.39, 0.29) is 42.8 Å². The first-order chi connectivity index (χ1) is 11.5. The number of piperidine rings is 1. The number of nitrogens with one attached hydrogen (secondary N) is 2. The number of aryl methyl sites for hydroxylation is 1. The van der Waals surface area contributed by atoms with Gasteiger partial charge in [-0.3, -0.25) is 4.79 Å². The van der Waals surface area contributed by atoms with E-state index in [1.807, 2.05) is 17.7 Å². The molecule has 4 heterocycles. The third kappa shape index (κ3) is 3.82. The molecule has 2 aromatic heterocycles. The lowest BCUT2D eigenvalue weighted by molar-refractivity contribution is 0.0923. The molecule has 2 unspecified atom stereocenters. The summed E-state index contributed by atoms with van der Waals surface area (Å²) in [5.41, 5.74) is 2.27. The van der Waals surface area contributed by atoms with Crippen molar-refractivity contribution in [2.24, 2.45) is 0 Å². The summed E-state index contributed by atoms with van der Waals surface area (Å²) in [5.74, 6) is -0.00880. The first-order valence-electron chi connectivity index (χ1n) is 8.93. The first kappa shape index (κ1) is 20.9. The van der Waals surface area contributed by atoms with Crippen LogP contribution in [0, 0.1) is 6.92 Å². The molecule has 144 valence electrons. The quantitative estimate of drug-likeness (QED) is 0.830. The molecule has 1 amide bonds. The standard InChI is InChI=1S/C18H25N5O.2ClH/c1-10(2)23-17-12(9-19-23)6-16(11(3)20-17)18(24)22-15-7-13-4-5-14(8-15)21-13;;/h6,9-10,13-15,21H,4-5,7-8H2,1-3H3,(H,22,24);2*1H. The van der Waals surface area contributed by atoms with Gasteiger partial charge in [-0.1, -0.05) is 0 Å². The van der Waals surface area contributed by atoms with Crippen molar-refractivity contribution in [2.75, 3.05) is 0 Å². The molecule has 8 heteroatoms. The van der Waals surface area contributed by atoms with Gasteiger partial charge < -0.3 is 10.6 Å². The predicted molar refractivity (Wildman–Crippen MR) is 108 cm³/mol. The molecule has 6 nitrogen and oxygen atoms in total. The minimum absolute atomic E-state index is 0. The second-order valence-corrected chi connectivity index (χ2v) is 7.50. The fraction of sp³-hybridized carbons (Fsp3) is 0.611. The maximum Gasteiger partial charge on any atom is 0.253 e. The van der Waals surface area contributed by atoms with Crippen LogP contribution in [0.15, 0.2) is 12.3 Å². The molecule has 2 aliphatic rings. The molecule has 2 saturated heterocycles. The summed E-state index contributed by atoms with van der Waals surface area (Å²) in [6.45, 7) is 6.06. The molecule has 2 atom stereocenters. The maximum absolute atomic E-state index is 12.8. The van der Waals surface area contributed by atoms with Gasteiger partial charge in [0.15, 0.2) is 5.65 Å². The van der Waals surface area contributed by atoms with Crippen molar-refractivity contribution in [3.63, 3.8) is 0 Å². The van der Waals surface area contributed by atoms with Gasteiger partial charge in [0.05, 0.1) is 17.5 Å². The Morgan fingerprint density at radius 2 is 1.92 bits per heavy atom. The minimum atomic E-state index is -0.00880. The van der Waals surface area contributed by atoms with Crippen LogP contribution in [-0.2, 0) is 0 Å². The molecule has 0 aromatic carbocycles. The van der Waals surface area contributed by atoms with E-state index in [1.54, 1.807) is 6.20 Å². The maximum atomic E-state index is 12.8. The summed E-state index contributed by atoms with van der Waals surface area (Å²) in [5, 5.41) is 12.1. The summed E-state index contributed by atoms with van der Waals surface area (Å²) in [4.78, 5) is 17.4. The van der Waals surface area contributed by atoms with Crippen LogP contribution in [0.5, 0.6) is 0 Å². The molecule has 2 aromatic rings. The van der Waals surface area contributed by atoms with Crippen molar-refractivity contribution in [3.05, 3.63) is 23.5 Å². The van der Waals surface area contributed by atoms with Crippen molar-refractivity contribution in [1.82, 2.24) is 25.4 Å². The zero-order chi connectivity index (χ0) is 16.8. The molecule has 0 radical (unpaired) electrons. The normalized spacial score (nSPS) is 24.2. The molecule has 26 heavy (non-hydrogen) atoms. The largest absolute Gasteiger partial charge is 0.349 e. The van der Waals surface area contributed by atoms with Crippen LogP contribution in [-0.4, -0.2) is 38.8 Å². The number of carbonyl (C=O) groups is 1. The number of pyridine rings is 1. The summed E-state index contributed by atoms with van der Waals surface area (Å²) < 4.78 is 1.90. The highest BCUT2D eigenvalue weighted by Crippen LogP contribution is 2.27. The lowest BCUT2D eigenvalue weighted by Gasteiger charge is -2.29. The molecular weight excluding hydrogens is 373 g/mol. The number of carbonyl (C=O) groups excluding carboxylic acids is 1. The van der Waals surface area contributed by atoms with Gasteiger partial charge in [-0.2, -0.15) is 5.10 Å². The van der Waals surface area contributed by atoms with Gasteiger partial charge in [0.25, 0.3) is 5.91 Å². The van der Waals surface area contributed by atoms with E-state index < -0.39 is 0 Å². The van der Waals surface area contributed by atoms with E-state index in [0.717, 1.165) is 29.6 Å². The second-order valence-electron chi connectivity index (χ2n) is 7.50. The highest BCUT2D eigenvalue weighted by atomic mass is 35.5. The van der Waals surface area contributed by atoms with Gasteiger partial charge in [0.1, 0.15) is 0 Å². The number of halogens is 2. The van der Waals surface area contributed by atoms with Crippen LogP contribution < -0.4 is 10.6 Å². The average Bonchev–Trinajstić information content (AvgIpc) is 3.09. The highest BCUT2D eigenvalue weighted by molar-refractivity contribution is 5.98. The Kier molecular flexibility index (Phi) is 6.53. The Balaban J connectivity index is 0.00000121. The second kappa shape index (κ2) is 8.11. The van der Waals surface area contributed by atoms with E-state index in [0.29, 0.717) is 17.6 Å². The summed E-state index contributed by atoms with van der Waals surface area (Å²) >= 11 is 0. The molecule has 2 N–H and O–H groups in total. The van der Waals surface area contributed by atoms with Gasteiger partial charge in [-0.05, 0) is 52.5 Å². The fourth-order valence-corrected chi connectivity index (χ4v) is 4.11. The summed E-state index contributed by atoms with van der Waals surface area (Å²) in [7, 11) is 0. The lowest BCUT2D eigenvalue weighted by atomic mass is 9.99. The highest BCUT2D eigenvalue weighted by Gasteiger charge is 2.34. The van der Waals surface area contributed by atoms with Crippen LogP contribution in [0.25, 0.3) is 11.0 Å². The number of aromatic nitrogens is 3. The summed E-state index contributed by atoms with van der Waals surface area (Å²) in [6, 6.07) is 3.58. The Labute approximate surface area is 166 Å². The van der Waals surface area contributed by atoms with Crippen molar-refractivity contribution in [3.8, 4) is 0 Å². The third-order valence-corrected chi connectivity index (χ3v) is 5.30. The SMILES string of the molecule is Cc1nc2c(cnn2C(C)C)cc1C(=O)NC1CC2CCC(C1)N2.Cl.Cl. The van der Waals surface area contributed by atoms with Crippen molar-refractivity contribution >= 4 is 41.8 Å². The Bertz CT molecular complexity index is 779. The zero-order valence-corrected chi connectivity index (χ0v) is 17.0. The summed E-state index contributed by atoms with van der Waals surface area (Å²) in [6.07, 6.45) is 6.32. The van der Waals surface area contributed by atoms with E-state index in [2.05, 4.69) is 34.6 Å². The molecule has 4 rings (SSSR count). The number of nitrogens with zero attached hydrogens (tertiary/aromatic N) is 3. The topological polar surface area (TPSA) is 71.8 Å². The smallest absolute Gasteiger partial charge is 0.253 e. The third-order valence-electron chi connectivity index (χ3n) is 5.30. The number of amides is 1. The minimum Gasteiger partial charge on any atom is -0.349 e. The van der Waals surface area contributed by atoms with Crippen molar-refractivity contribution in [2.45, 2.75) is 70.6 Å². The lowest BCUT2D eigenvalue weighted by Crippen LogP contribution is -2.48. The van der Waals surface area contributed by atoms with E-state index in [1.165, 1.54) is 12.8 Å². The Morgan fingerprint density at radius 3 is 2.54 bits per heavy atom. The van der Waals surface area contributed by atoms with Crippen molar-refractivity contribution in [1.29, 1.82) is 0 Å². The molecular formula is C18H27Cl2N5O. The van der Waals surface area contributed by atoms with Crippen LogP contribution in [0.2, 0.25) is 0 Å². The molecule has 0 aliphatic carbocycles. The van der Waals surface area contributed by atoms with E-state index in [9.17, 15) is 4.79 Å². The molecule has 2 bridgehead atoms. The van der Waals surface area contributed by atoms with Gasteiger partial charge >= 0.3 is 0 Å². The van der Waals surface area contributed by atoms with Gasteiger partial charge in [0, 0.05) is 29.6 Å². The van der Waals surface area contributed by atoms with E-state index >= 15 is 0 Å². The number of hydrogen-bond acceptors (Lipinski definition) is 4. The van der Waals surface area contributed by atoms with Crippen LogP contribution in [0.3, 0.4) is 0 Å². The monoisotopic (exact) mass is 399 g/mol. The fourth-order valence-electron chi connectivity index (χ4n) is 4.11. The number of rotatable bonds is 3. The number of fused-ring (bicyclic) bond motifs is 3. The average molecular weight is 400 g/mol. The van der Waals surface area contributed by atoms with Gasteiger partial charge in [0.2, 0.25) is 0 Å².